The summed E-state index contributed by atoms with van der Waals surface area (Å²) in [5.74, 6) is 0.405. The van der Waals surface area contributed by atoms with E-state index in [1.54, 1.807) is 13.1 Å². The van der Waals surface area contributed by atoms with Crippen LogP contribution in [0.5, 0.6) is 0 Å². The summed E-state index contributed by atoms with van der Waals surface area (Å²) in [6.07, 6.45) is 1.60. The van der Waals surface area contributed by atoms with Crippen LogP contribution in [0.25, 0.3) is 16.7 Å². The van der Waals surface area contributed by atoms with Gasteiger partial charge in [-0.25, -0.2) is 0 Å². The first-order valence-corrected chi connectivity index (χ1v) is 4.89. The predicted molar refractivity (Wildman–Crippen MR) is 63.7 cm³/mol. The third-order valence-corrected chi connectivity index (χ3v) is 2.05. The second kappa shape index (κ2) is 4.90. The number of hydrogen-bond donors (Lipinski definition) is 0. The van der Waals surface area contributed by atoms with Crippen LogP contribution in [-0.4, -0.2) is 20.2 Å². The molecule has 1 aromatic carbocycles. The summed E-state index contributed by atoms with van der Waals surface area (Å²) in [5.41, 5.74) is 1.34. The van der Waals surface area contributed by atoms with Crippen LogP contribution in [0.15, 0.2) is 30.3 Å². The lowest BCUT2D eigenvalue weighted by Gasteiger charge is -1.93. The summed E-state index contributed by atoms with van der Waals surface area (Å²) in [6, 6.07) is 11.7. The molecule has 0 aliphatic heterocycles. The van der Waals surface area contributed by atoms with E-state index >= 15 is 0 Å². The fourth-order valence-corrected chi connectivity index (χ4v) is 1.33. The number of aromatic nitrogens is 4. The number of hydrogen-bond acceptors (Lipinski definition) is 4. The molecule has 17 heavy (non-hydrogen) atoms. The highest BCUT2D eigenvalue weighted by Crippen LogP contribution is 2.15. The average molecular weight is 227 g/mol. The number of rotatable bonds is 2. The lowest BCUT2D eigenvalue weighted by molar-refractivity contribution is 0.629. The molecule has 1 heterocycles. The van der Waals surface area contributed by atoms with Gasteiger partial charge < -0.3 is 5.21 Å². The lowest BCUT2D eigenvalue weighted by Crippen LogP contribution is -1.91. The first-order valence-electron chi connectivity index (χ1n) is 4.89. The number of allylic oxidation sites excluding steroid dienone is 1. The number of nitrogens with zero attached hydrogens (tertiary/aromatic N) is 5. The zero-order valence-corrected chi connectivity index (χ0v) is 9.11. The molecule has 0 saturated heterocycles. The fraction of sp³-hybridized carbons (Fsp3) is 0.0909. The molecule has 0 fully saturated rings. The summed E-state index contributed by atoms with van der Waals surface area (Å²) in [6.45, 7) is 0. The highest BCUT2D eigenvalue weighted by molar-refractivity contribution is 5.89. The zero-order valence-electron chi connectivity index (χ0n) is 9.11. The Morgan fingerprint density at radius 2 is 2.18 bits per heavy atom. The smallest absolute Gasteiger partial charge is 0.337 e. The van der Waals surface area contributed by atoms with Gasteiger partial charge in [-0.2, -0.15) is 4.80 Å². The maximum atomic E-state index is 10.3. The second-order valence-electron chi connectivity index (χ2n) is 3.26. The first-order chi connectivity index (χ1) is 8.29. The Labute approximate surface area is 97.6 Å². The maximum Gasteiger partial charge on any atom is 0.337 e. The number of tetrazole rings is 1. The van der Waals surface area contributed by atoms with E-state index < -0.39 is 0 Å². The Kier molecular flexibility index (Phi) is 3.12. The Hall–Kier alpha value is -2.68. The SMILES string of the molecule is Cn1nnc(/C=C(\C#[N+][O-])c2ccccc2)n1. The van der Waals surface area contributed by atoms with Crippen molar-refractivity contribution in [3.8, 4) is 6.07 Å². The highest BCUT2D eigenvalue weighted by Gasteiger charge is 2.06. The van der Waals surface area contributed by atoms with E-state index in [0.29, 0.717) is 11.4 Å². The average Bonchev–Trinajstić information content (AvgIpc) is 2.75. The Morgan fingerprint density at radius 3 is 2.76 bits per heavy atom. The third kappa shape index (κ3) is 2.66. The van der Waals surface area contributed by atoms with E-state index in [1.165, 1.54) is 4.80 Å². The molecule has 0 aliphatic rings. The van der Waals surface area contributed by atoms with Gasteiger partial charge in [0.2, 0.25) is 0 Å². The van der Waals surface area contributed by atoms with Crippen molar-refractivity contribution in [2.75, 3.05) is 0 Å². The van der Waals surface area contributed by atoms with Crippen LogP contribution in [0, 0.1) is 11.3 Å². The zero-order chi connectivity index (χ0) is 12.1. The minimum Gasteiger partial charge on any atom is -0.498 e. The molecule has 1 aromatic heterocycles. The van der Waals surface area contributed by atoms with E-state index in [2.05, 4.69) is 26.5 Å². The fourth-order valence-electron chi connectivity index (χ4n) is 1.33. The molecule has 0 unspecified atom stereocenters. The quantitative estimate of drug-likeness (QED) is 0.576. The van der Waals surface area contributed by atoms with Gasteiger partial charge in [-0.1, -0.05) is 30.3 Å². The standard InChI is InChI=1S/C11H9N5O/c1-16-14-11(13-15-16)7-10(8-12-17)9-5-3-2-4-6-9/h2-7H,1H3/b10-7+. The molecular weight excluding hydrogens is 218 g/mol. The molecule has 0 saturated carbocycles. The Bertz CT molecular complexity index is 591. The molecule has 0 bridgehead atoms. The van der Waals surface area contributed by atoms with Crippen molar-refractivity contribution in [2.45, 2.75) is 0 Å². The van der Waals surface area contributed by atoms with Crippen molar-refractivity contribution < 1.29 is 0 Å². The molecule has 0 atom stereocenters. The van der Waals surface area contributed by atoms with Crippen molar-refractivity contribution in [1.29, 1.82) is 0 Å². The molecule has 6 nitrogen and oxygen atoms in total. The predicted octanol–water partition coefficient (Wildman–Crippen LogP) is 1.58. The van der Waals surface area contributed by atoms with Crippen molar-refractivity contribution in [3.05, 3.63) is 51.9 Å². The lowest BCUT2D eigenvalue weighted by atomic mass is 10.1. The van der Waals surface area contributed by atoms with Gasteiger partial charge in [0.15, 0.2) is 5.82 Å². The van der Waals surface area contributed by atoms with E-state index in [-0.39, 0.29) is 0 Å². The molecule has 2 aromatic rings. The van der Waals surface area contributed by atoms with Crippen molar-refractivity contribution in [1.82, 2.24) is 20.2 Å². The van der Waals surface area contributed by atoms with Gasteiger partial charge in [0.25, 0.3) is 0 Å². The minimum atomic E-state index is 0.405. The van der Waals surface area contributed by atoms with E-state index in [1.807, 2.05) is 30.3 Å². The van der Waals surface area contributed by atoms with Crippen LogP contribution in [0.3, 0.4) is 0 Å². The second-order valence-corrected chi connectivity index (χ2v) is 3.26. The molecule has 0 N–H and O–H groups in total. The van der Waals surface area contributed by atoms with E-state index in [9.17, 15) is 5.21 Å². The molecular formula is C11H9N5O. The molecule has 0 radical (unpaired) electrons. The van der Waals surface area contributed by atoms with Crippen LogP contribution in [-0.2, 0) is 7.05 Å². The maximum absolute atomic E-state index is 10.3. The van der Waals surface area contributed by atoms with Gasteiger partial charge in [0.05, 0.1) is 7.05 Å². The summed E-state index contributed by atoms with van der Waals surface area (Å²) in [4.78, 5) is 1.34. The molecule has 6 heteroatoms. The van der Waals surface area contributed by atoms with Crippen molar-refractivity contribution >= 4 is 11.6 Å². The number of benzene rings is 1. The van der Waals surface area contributed by atoms with Crippen LogP contribution in [0.4, 0.5) is 0 Å². The van der Waals surface area contributed by atoms with Gasteiger partial charge >= 0.3 is 6.07 Å². The van der Waals surface area contributed by atoms with E-state index in [0.717, 1.165) is 5.56 Å². The first kappa shape index (κ1) is 10.8. The topological polar surface area (TPSA) is 71.0 Å². The normalized spacial score (nSPS) is 10.8. The summed E-state index contributed by atoms with van der Waals surface area (Å²) in [5, 5.41) is 24.5. The van der Waals surface area contributed by atoms with Gasteiger partial charge in [0, 0.05) is 11.1 Å². The third-order valence-electron chi connectivity index (χ3n) is 2.05. The van der Waals surface area contributed by atoms with Crippen LogP contribution in [0.1, 0.15) is 11.4 Å². The van der Waals surface area contributed by atoms with Gasteiger partial charge in [-0.05, 0) is 10.8 Å². The van der Waals surface area contributed by atoms with Crippen LogP contribution in [0.2, 0.25) is 0 Å². The molecule has 2 rings (SSSR count). The van der Waals surface area contributed by atoms with Crippen LogP contribution >= 0.6 is 0 Å². The molecule has 0 spiro atoms. The molecule has 0 amide bonds. The summed E-state index contributed by atoms with van der Waals surface area (Å²) >= 11 is 0. The highest BCUT2D eigenvalue weighted by atomic mass is 16.4. The largest absolute Gasteiger partial charge is 0.498 e. The number of aryl methyl sites for hydroxylation is 1. The monoisotopic (exact) mass is 227 g/mol. The minimum absolute atomic E-state index is 0.405. The van der Waals surface area contributed by atoms with Crippen molar-refractivity contribution in [3.63, 3.8) is 0 Å². The Morgan fingerprint density at radius 1 is 1.41 bits per heavy atom. The summed E-state index contributed by atoms with van der Waals surface area (Å²) < 4.78 is 0. The van der Waals surface area contributed by atoms with E-state index in [4.69, 9.17) is 0 Å². The van der Waals surface area contributed by atoms with Crippen LogP contribution < -0.4 is 0 Å². The Balaban J connectivity index is 2.42. The van der Waals surface area contributed by atoms with Gasteiger partial charge in [-0.15, -0.1) is 10.2 Å². The molecule has 84 valence electrons. The van der Waals surface area contributed by atoms with Crippen molar-refractivity contribution in [2.24, 2.45) is 7.05 Å². The molecule has 0 aliphatic carbocycles. The summed E-state index contributed by atoms with van der Waals surface area (Å²) in [7, 11) is 1.66. The van der Waals surface area contributed by atoms with Gasteiger partial charge in [-0.3, -0.25) is 0 Å². The van der Waals surface area contributed by atoms with Gasteiger partial charge in [0.1, 0.15) is 5.57 Å².